The quantitative estimate of drug-likeness (QED) is 0.707. The van der Waals surface area contributed by atoms with Crippen molar-refractivity contribution in [3.8, 4) is 5.75 Å². The number of ether oxygens (including phenoxy) is 1. The van der Waals surface area contributed by atoms with Crippen molar-refractivity contribution in [1.82, 2.24) is 9.80 Å². The fraction of sp³-hybridized carbons (Fsp3) is 0.739. The second kappa shape index (κ2) is 8.10. The monoisotopic (exact) mass is 372 g/mol. The minimum absolute atomic E-state index is 0.166. The molecule has 27 heavy (non-hydrogen) atoms. The second-order valence-electron chi connectivity index (χ2n) is 9.29. The summed E-state index contributed by atoms with van der Waals surface area (Å²) in [5.41, 5.74) is 0.672. The molecule has 1 N–H and O–H groups in total. The number of rotatable bonds is 8. The van der Waals surface area contributed by atoms with Crippen LogP contribution in [-0.2, 0) is 0 Å². The summed E-state index contributed by atoms with van der Waals surface area (Å²) in [6, 6.07) is 10.0. The Balaban J connectivity index is 1.36. The lowest BCUT2D eigenvalue weighted by Gasteiger charge is -2.40. The van der Waals surface area contributed by atoms with Crippen LogP contribution in [0.2, 0.25) is 0 Å². The summed E-state index contributed by atoms with van der Waals surface area (Å²) >= 11 is 0. The van der Waals surface area contributed by atoms with Crippen LogP contribution in [0.4, 0.5) is 0 Å². The third kappa shape index (κ3) is 4.49. The fourth-order valence-electron chi connectivity index (χ4n) is 4.96. The highest BCUT2D eigenvalue weighted by Gasteiger charge is 2.42. The Hall–Kier alpha value is -1.10. The Morgan fingerprint density at radius 3 is 2.41 bits per heavy atom. The molecule has 4 heteroatoms. The van der Waals surface area contributed by atoms with E-state index in [2.05, 4.69) is 48.2 Å². The van der Waals surface area contributed by atoms with Gasteiger partial charge in [-0.2, -0.15) is 0 Å². The standard InChI is InChI=1S/C23H36N2O2/c1-24(2)16-22(23(26)13-4-3-5-14-23)18-9-11-21(12-10-18)27-17-20-15-25(20)19-7-6-8-19/h9-12,19-20,22,26H,3-8,13-17H2,1-2H3. The zero-order valence-electron chi connectivity index (χ0n) is 17.1. The second-order valence-corrected chi connectivity index (χ2v) is 9.29. The summed E-state index contributed by atoms with van der Waals surface area (Å²) < 4.78 is 6.05. The minimum Gasteiger partial charge on any atom is -0.492 e. The maximum Gasteiger partial charge on any atom is 0.119 e. The van der Waals surface area contributed by atoms with E-state index in [1.54, 1.807) is 0 Å². The van der Waals surface area contributed by atoms with Crippen molar-refractivity contribution >= 4 is 0 Å². The summed E-state index contributed by atoms with van der Waals surface area (Å²) in [6.07, 6.45) is 9.52. The zero-order chi connectivity index (χ0) is 18.9. The van der Waals surface area contributed by atoms with Gasteiger partial charge in [0.2, 0.25) is 0 Å². The molecule has 3 fully saturated rings. The Kier molecular flexibility index (Phi) is 5.77. The van der Waals surface area contributed by atoms with Gasteiger partial charge in [-0.05, 0) is 57.5 Å². The highest BCUT2D eigenvalue weighted by molar-refractivity contribution is 5.31. The largest absolute Gasteiger partial charge is 0.492 e. The number of hydrogen-bond donors (Lipinski definition) is 1. The Morgan fingerprint density at radius 1 is 1.11 bits per heavy atom. The Labute approximate surface area is 164 Å². The van der Waals surface area contributed by atoms with Crippen LogP contribution in [-0.4, -0.2) is 66.4 Å². The predicted molar refractivity (Wildman–Crippen MR) is 109 cm³/mol. The Bertz CT molecular complexity index is 605. The van der Waals surface area contributed by atoms with Crippen LogP contribution >= 0.6 is 0 Å². The first-order valence-corrected chi connectivity index (χ1v) is 10.9. The van der Waals surface area contributed by atoms with Gasteiger partial charge in [-0.1, -0.05) is 37.8 Å². The average Bonchev–Trinajstić information content (AvgIpc) is 3.36. The summed E-state index contributed by atoms with van der Waals surface area (Å²) in [5, 5.41) is 11.3. The van der Waals surface area contributed by atoms with Crippen molar-refractivity contribution in [2.75, 3.05) is 33.8 Å². The van der Waals surface area contributed by atoms with Crippen LogP contribution in [0.5, 0.6) is 5.75 Å². The van der Waals surface area contributed by atoms with Gasteiger partial charge in [0.1, 0.15) is 12.4 Å². The predicted octanol–water partition coefficient (Wildman–Crippen LogP) is 3.64. The van der Waals surface area contributed by atoms with Gasteiger partial charge in [-0.3, -0.25) is 4.90 Å². The van der Waals surface area contributed by atoms with Crippen molar-refractivity contribution in [2.24, 2.45) is 0 Å². The van der Waals surface area contributed by atoms with E-state index in [9.17, 15) is 5.11 Å². The van der Waals surface area contributed by atoms with Crippen molar-refractivity contribution in [3.05, 3.63) is 29.8 Å². The van der Waals surface area contributed by atoms with Crippen LogP contribution in [0.25, 0.3) is 0 Å². The van der Waals surface area contributed by atoms with Crippen LogP contribution in [0.1, 0.15) is 62.8 Å². The van der Waals surface area contributed by atoms with Gasteiger partial charge in [-0.15, -0.1) is 0 Å². The lowest BCUT2D eigenvalue weighted by molar-refractivity contribution is -0.0277. The van der Waals surface area contributed by atoms with E-state index in [1.165, 1.54) is 37.8 Å². The molecule has 150 valence electrons. The molecule has 0 spiro atoms. The van der Waals surface area contributed by atoms with E-state index in [1.807, 2.05) is 0 Å². The van der Waals surface area contributed by atoms with E-state index >= 15 is 0 Å². The topological polar surface area (TPSA) is 35.7 Å². The average molecular weight is 373 g/mol. The molecule has 0 amide bonds. The molecule has 0 radical (unpaired) electrons. The first-order valence-electron chi connectivity index (χ1n) is 10.9. The van der Waals surface area contributed by atoms with Gasteiger partial charge < -0.3 is 14.7 Å². The molecule has 1 saturated heterocycles. The molecular weight excluding hydrogens is 336 g/mol. The highest BCUT2D eigenvalue weighted by Crippen LogP contribution is 2.40. The number of aliphatic hydroxyl groups is 1. The SMILES string of the molecule is CN(C)CC(c1ccc(OCC2CN2C2CCC2)cc1)C1(O)CCCCC1. The van der Waals surface area contributed by atoms with Gasteiger partial charge in [0.15, 0.2) is 0 Å². The van der Waals surface area contributed by atoms with Gasteiger partial charge in [0.05, 0.1) is 11.6 Å². The lowest BCUT2D eigenvalue weighted by atomic mass is 9.72. The first kappa shape index (κ1) is 19.2. The molecule has 2 saturated carbocycles. The van der Waals surface area contributed by atoms with Crippen molar-refractivity contribution in [3.63, 3.8) is 0 Å². The maximum absolute atomic E-state index is 11.3. The van der Waals surface area contributed by atoms with E-state index < -0.39 is 5.60 Å². The molecule has 3 aliphatic rings. The van der Waals surface area contributed by atoms with Gasteiger partial charge >= 0.3 is 0 Å². The molecule has 1 aromatic rings. The number of benzene rings is 1. The highest BCUT2D eigenvalue weighted by atomic mass is 16.5. The number of nitrogens with zero attached hydrogens (tertiary/aromatic N) is 2. The Morgan fingerprint density at radius 2 is 1.81 bits per heavy atom. The molecule has 4 rings (SSSR count). The summed E-state index contributed by atoms with van der Waals surface area (Å²) in [5.74, 6) is 1.12. The van der Waals surface area contributed by atoms with Gasteiger partial charge in [-0.25, -0.2) is 0 Å². The molecule has 3 unspecified atom stereocenters. The molecule has 1 aliphatic heterocycles. The zero-order valence-corrected chi connectivity index (χ0v) is 17.1. The third-order valence-corrected chi connectivity index (χ3v) is 6.94. The number of hydrogen-bond acceptors (Lipinski definition) is 4. The summed E-state index contributed by atoms with van der Waals surface area (Å²) in [6.45, 7) is 2.90. The van der Waals surface area contributed by atoms with Crippen LogP contribution < -0.4 is 4.74 Å². The van der Waals surface area contributed by atoms with E-state index in [0.717, 1.165) is 50.6 Å². The van der Waals surface area contributed by atoms with Crippen molar-refractivity contribution < 1.29 is 9.84 Å². The van der Waals surface area contributed by atoms with Crippen LogP contribution in [0.15, 0.2) is 24.3 Å². The number of likely N-dealkylation sites (N-methyl/N-ethyl adjacent to an activating group) is 1. The molecule has 3 atom stereocenters. The van der Waals surface area contributed by atoms with E-state index in [-0.39, 0.29) is 5.92 Å². The molecule has 1 aromatic carbocycles. The molecular formula is C23H36N2O2. The molecule has 2 aliphatic carbocycles. The van der Waals surface area contributed by atoms with Crippen LogP contribution in [0, 0.1) is 0 Å². The maximum atomic E-state index is 11.3. The molecule has 1 heterocycles. The molecule has 0 bridgehead atoms. The molecule has 4 nitrogen and oxygen atoms in total. The van der Waals surface area contributed by atoms with E-state index in [0.29, 0.717) is 6.04 Å². The molecule has 0 aromatic heterocycles. The van der Waals surface area contributed by atoms with E-state index in [4.69, 9.17) is 4.74 Å². The fourth-order valence-corrected chi connectivity index (χ4v) is 4.96. The van der Waals surface area contributed by atoms with Crippen molar-refractivity contribution in [1.29, 1.82) is 0 Å². The summed E-state index contributed by atoms with van der Waals surface area (Å²) in [7, 11) is 4.19. The lowest BCUT2D eigenvalue weighted by Crippen LogP contribution is -2.42. The van der Waals surface area contributed by atoms with Crippen LogP contribution in [0.3, 0.4) is 0 Å². The smallest absolute Gasteiger partial charge is 0.119 e. The minimum atomic E-state index is -0.567. The van der Waals surface area contributed by atoms with Gasteiger partial charge in [0, 0.05) is 25.0 Å². The van der Waals surface area contributed by atoms with Gasteiger partial charge in [0.25, 0.3) is 0 Å². The van der Waals surface area contributed by atoms with Crippen molar-refractivity contribution in [2.45, 2.75) is 75.0 Å². The summed E-state index contributed by atoms with van der Waals surface area (Å²) in [4.78, 5) is 4.79. The third-order valence-electron chi connectivity index (χ3n) is 6.94. The first-order chi connectivity index (χ1) is 13.0. The normalized spacial score (nSPS) is 28.6.